The minimum Gasteiger partial charge on any atom is -0.473 e. The van der Waals surface area contributed by atoms with Crippen LogP contribution in [0, 0.1) is 0 Å². The third-order valence-electron chi connectivity index (χ3n) is 3.18. The van der Waals surface area contributed by atoms with E-state index < -0.39 is 0 Å². The Labute approximate surface area is 107 Å². The van der Waals surface area contributed by atoms with E-state index in [9.17, 15) is 0 Å². The number of hydrogen-bond donors (Lipinski definition) is 0. The molecule has 0 atom stereocenters. The zero-order valence-electron chi connectivity index (χ0n) is 10.2. The second-order valence-electron chi connectivity index (χ2n) is 4.38. The lowest BCUT2D eigenvalue weighted by atomic mass is 10.1. The first kappa shape index (κ1) is 10.9. The fraction of sp³-hybridized carbons (Fsp3) is 0.125. The summed E-state index contributed by atoms with van der Waals surface area (Å²) in [5, 5.41) is 0. The van der Waals surface area contributed by atoms with Crippen LogP contribution in [0.5, 0.6) is 5.75 Å². The van der Waals surface area contributed by atoms with E-state index in [-0.39, 0.29) is 0 Å². The van der Waals surface area contributed by atoms with Gasteiger partial charge in [0, 0.05) is 17.8 Å². The van der Waals surface area contributed by atoms with Crippen LogP contribution in [0.1, 0.15) is 11.1 Å². The molecule has 1 aliphatic rings. The van der Waals surface area contributed by atoms with Gasteiger partial charge in [0.25, 0.3) is 0 Å². The van der Waals surface area contributed by atoms with Crippen LogP contribution in [0.2, 0.25) is 0 Å². The van der Waals surface area contributed by atoms with Gasteiger partial charge < -0.3 is 9.64 Å². The molecule has 0 aliphatic carbocycles. The van der Waals surface area contributed by atoms with Crippen LogP contribution >= 0.6 is 0 Å². The Morgan fingerprint density at radius 1 is 1.11 bits per heavy atom. The summed E-state index contributed by atoms with van der Waals surface area (Å²) in [6.45, 7) is 5.28. The van der Waals surface area contributed by atoms with Gasteiger partial charge in [-0.15, -0.1) is 0 Å². The highest BCUT2D eigenvalue weighted by molar-refractivity contribution is 5.55. The molecule has 90 valence electrons. The first-order chi connectivity index (χ1) is 8.86. The number of hydrogen-bond acceptors (Lipinski definition) is 2. The second kappa shape index (κ2) is 4.57. The Morgan fingerprint density at radius 3 is 2.72 bits per heavy atom. The summed E-state index contributed by atoms with van der Waals surface area (Å²) >= 11 is 0. The van der Waals surface area contributed by atoms with Crippen molar-refractivity contribution in [2.75, 3.05) is 11.6 Å². The number of para-hydroxylation sites is 1. The molecule has 1 heterocycles. The van der Waals surface area contributed by atoms with Gasteiger partial charge in [0.05, 0.1) is 0 Å². The third-order valence-corrected chi connectivity index (χ3v) is 3.18. The first-order valence-corrected chi connectivity index (χ1v) is 6.05. The van der Waals surface area contributed by atoms with Crippen molar-refractivity contribution in [2.24, 2.45) is 0 Å². The molecule has 0 unspecified atom stereocenters. The van der Waals surface area contributed by atoms with Gasteiger partial charge in [-0.2, -0.15) is 0 Å². The quantitative estimate of drug-likeness (QED) is 0.790. The number of fused-ring (bicyclic) bond motifs is 1. The summed E-state index contributed by atoms with van der Waals surface area (Å²) in [5.74, 6) is 0.979. The van der Waals surface area contributed by atoms with Crippen LogP contribution < -0.4 is 9.64 Å². The highest BCUT2D eigenvalue weighted by atomic mass is 16.5. The molecule has 0 amide bonds. The number of anilines is 1. The van der Waals surface area contributed by atoms with Crippen molar-refractivity contribution in [3.8, 4) is 5.75 Å². The fourth-order valence-corrected chi connectivity index (χ4v) is 2.19. The SMILES string of the molecule is C=Cc1ccc2c(c1)CN(c1ccccc1)CO2. The van der Waals surface area contributed by atoms with Crippen molar-refractivity contribution >= 4 is 11.8 Å². The van der Waals surface area contributed by atoms with Crippen LogP contribution in [0.25, 0.3) is 6.08 Å². The average Bonchev–Trinajstić information content (AvgIpc) is 2.47. The molecule has 18 heavy (non-hydrogen) atoms. The smallest absolute Gasteiger partial charge is 0.161 e. The molecule has 0 fully saturated rings. The molecule has 2 aromatic rings. The van der Waals surface area contributed by atoms with Crippen LogP contribution in [-0.4, -0.2) is 6.73 Å². The Hall–Kier alpha value is -2.22. The molecule has 0 spiro atoms. The zero-order chi connectivity index (χ0) is 12.4. The third kappa shape index (κ3) is 1.97. The molecule has 2 nitrogen and oxygen atoms in total. The minimum atomic E-state index is 0.602. The van der Waals surface area contributed by atoms with Crippen molar-refractivity contribution in [3.05, 3.63) is 66.2 Å². The molecule has 0 saturated carbocycles. The fourth-order valence-electron chi connectivity index (χ4n) is 2.19. The number of nitrogens with zero attached hydrogens (tertiary/aromatic N) is 1. The maximum atomic E-state index is 5.78. The number of rotatable bonds is 2. The van der Waals surface area contributed by atoms with E-state index in [2.05, 4.69) is 29.7 Å². The van der Waals surface area contributed by atoms with Gasteiger partial charge in [0.1, 0.15) is 5.75 Å². The summed E-state index contributed by atoms with van der Waals surface area (Å²) in [7, 11) is 0. The van der Waals surface area contributed by atoms with Gasteiger partial charge in [-0.3, -0.25) is 0 Å². The van der Waals surface area contributed by atoms with E-state index in [4.69, 9.17) is 4.74 Å². The summed E-state index contributed by atoms with van der Waals surface area (Å²) in [4.78, 5) is 2.22. The van der Waals surface area contributed by atoms with E-state index >= 15 is 0 Å². The molecule has 1 aliphatic heterocycles. The maximum Gasteiger partial charge on any atom is 0.161 e. The molecule has 2 aromatic carbocycles. The standard InChI is InChI=1S/C16H15NO/c1-2-13-8-9-16-14(10-13)11-17(12-18-16)15-6-4-3-5-7-15/h2-10H,1,11-12H2. The topological polar surface area (TPSA) is 12.5 Å². The van der Waals surface area contributed by atoms with Crippen molar-refractivity contribution in [1.82, 2.24) is 0 Å². The van der Waals surface area contributed by atoms with Crippen molar-refractivity contribution in [3.63, 3.8) is 0 Å². The number of ether oxygens (including phenoxy) is 1. The van der Waals surface area contributed by atoms with Crippen LogP contribution in [0.3, 0.4) is 0 Å². The summed E-state index contributed by atoms with van der Waals surface area (Å²) in [5.41, 5.74) is 3.53. The number of benzene rings is 2. The van der Waals surface area contributed by atoms with Gasteiger partial charge in [0.15, 0.2) is 6.73 Å². The molecular formula is C16H15NO. The molecule has 0 bridgehead atoms. The lowest BCUT2D eigenvalue weighted by molar-refractivity contribution is 0.289. The van der Waals surface area contributed by atoms with Crippen LogP contribution in [-0.2, 0) is 6.54 Å². The average molecular weight is 237 g/mol. The Balaban J connectivity index is 1.90. The van der Waals surface area contributed by atoms with Gasteiger partial charge in [-0.25, -0.2) is 0 Å². The van der Waals surface area contributed by atoms with E-state index in [0.29, 0.717) is 6.73 Å². The van der Waals surface area contributed by atoms with E-state index in [1.54, 1.807) is 0 Å². The summed E-state index contributed by atoms with van der Waals surface area (Å²) < 4.78 is 5.78. The first-order valence-electron chi connectivity index (χ1n) is 6.05. The van der Waals surface area contributed by atoms with Gasteiger partial charge in [-0.05, 0) is 29.8 Å². The van der Waals surface area contributed by atoms with Crippen LogP contribution in [0.15, 0.2) is 55.1 Å². The Kier molecular flexibility index (Phi) is 2.77. The molecule has 0 aromatic heterocycles. The molecule has 0 radical (unpaired) electrons. The highest BCUT2D eigenvalue weighted by Gasteiger charge is 2.17. The van der Waals surface area contributed by atoms with Gasteiger partial charge in [0.2, 0.25) is 0 Å². The minimum absolute atomic E-state index is 0.602. The molecule has 3 rings (SSSR count). The van der Waals surface area contributed by atoms with Crippen molar-refractivity contribution < 1.29 is 4.74 Å². The Bertz CT molecular complexity index is 563. The lowest BCUT2D eigenvalue weighted by Gasteiger charge is -2.30. The lowest BCUT2D eigenvalue weighted by Crippen LogP contribution is -2.31. The molecule has 0 saturated heterocycles. The molecule has 2 heteroatoms. The van der Waals surface area contributed by atoms with E-state index in [0.717, 1.165) is 17.9 Å². The molecular weight excluding hydrogens is 222 g/mol. The van der Waals surface area contributed by atoms with Crippen molar-refractivity contribution in [2.45, 2.75) is 6.54 Å². The largest absolute Gasteiger partial charge is 0.473 e. The summed E-state index contributed by atoms with van der Waals surface area (Å²) in [6, 6.07) is 16.5. The monoisotopic (exact) mass is 237 g/mol. The highest BCUT2D eigenvalue weighted by Crippen LogP contribution is 2.29. The predicted molar refractivity (Wildman–Crippen MR) is 74.7 cm³/mol. The van der Waals surface area contributed by atoms with Gasteiger partial charge >= 0.3 is 0 Å². The van der Waals surface area contributed by atoms with Crippen molar-refractivity contribution in [1.29, 1.82) is 0 Å². The van der Waals surface area contributed by atoms with E-state index in [1.807, 2.05) is 36.4 Å². The van der Waals surface area contributed by atoms with Gasteiger partial charge in [-0.1, -0.05) is 36.9 Å². The van der Waals surface area contributed by atoms with E-state index in [1.165, 1.54) is 11.3 Å². The van der Waals surface area contributed by atoms with Crippen LogP contribution in [0.4, 0.5) is 5.69 Å². The maximum absolute atomic E-state index is 5.78. The Morgan fingerprint density at radius 2 is 1.94 bits per heavy atom. The molecule has 0 N–H and O–H groups in total. The second-order valence-corrected chi connectivity index (χ2v) is 4.38. The zero-order valence-corrected chi connectivity index (χ0v) is 10.2. The predicted octanol–water partition coefficient (Wildman–Crippen LogP) is 3.69. The normalized spacial score (nSPS) is 13.7. The summed E-state index contributed by atoms with van der Waals surface area (Å²) in [6.07, 6.45) is 1.86.